The molecular formula is C17H15N3O2. The van der Waals surface area contributed by atoms with Gasteiger partial charge in [-0.05, 0) is 42.8 Å². The van der Waals surface area contributed by atoms with E-state index in [1.54, 1.807) is 31.4 Å². The summed E-state index contributed by atoms with van der Waals surface area (Å²) in [5, 5.41) is 13.1. The predicted octanol–water partition coefficient (Wildman–Crippen LogP) is 3.18. The maximum Gasteiger partial charge on any atom is 0.223 e. The number of carbonyl (C=O) groups excluding carboxylic acids is 1. The van der Waals surface area contributed by atoms with Gasteiger partial charge in [0, 0.05) is 5.56 Å². The first-order chi connectivity index (χ1) is 10.7. The minimum Gasteiger partial charge on any atom is -0.497 e. The smallest absolute Gasteiger partial charge is 0.223 e. The normalized spacial score (nSPS) is 10.7. The second-order valence-corrected chi connectivity index (χ2v) is 4.56. The summed E-state index contributed by atoms with van der Waals surface area (Å²) in [6, 6.07) is 15.8. The maximum absolute atomic E-state index is 12.2. The molecule has 0 aromatic heterocycles. The van der Waals surface area contributed by atoms with Crippen molar-refractivity contribution in [2.45, 2.75) is 6.92 Å². The fraction of sp³-hybridized carbons (Fsp3) is 0.118. The summed E-state index contributed by atoms with van der Waals surface area (Å²) < 4.78 is 5.04. The largest absolute Gasteiger partial charge is 0.497 e. The quantitative estimate of drug-likeness (QED) is 0.522. The molecule has 0 saturated heterocycles. The Morgan fingerprint density at radius 2 is 1.86 bits per heavy atom. The van der Waals surface area contributed by atoms with Crippen LogP contribution in [0.4, 0.5) is 5.69 Å². The van der Waals surface area contributed by atoms with Crippen LogP contribution in [0.5, 0.6) is 5.75 Å². The molecule has 5 heteroatoms. The number of nitrogens with one attached hydrogen (secondary N) is 1. The third-order valence-electron chi connectivity index (χ3n) is 3.11. The zero-order chi connectivity index (χ0) is 15.9. The predicted molar refractivity (Wildman–Crippen MR) is 85.2 cm³/mol. The lowest BCUT2D eigenvalue weighted by molar-refractivity contribution is 0.106. The van der Waals surface area contributed by atoms with Crippen molar-refractivity contribution < 1.29 is 9.53 Å². The third-order valence-corrected chi connectivity index (χ3v) is 3.11. The van der Waals surface area contributed by atoms with Crippen molar-refractivity contribution in [1.82, 2.24) is 0 Å². The lowest BCUT2D eigenvalue weighted by atomic mass is 10.1. The Hall–Kier alpha value is -3.13. The molecule has 0 bridgehead atoms. The van der Waals surface area contributed by atoms with Gasteiger partial charge in [0.1, 0.15) is 11.8 Å². The first-order valence-corrected chi connectivity index (χ1v) is 6.64. The van der Waals surface area contributed by atoms with E-state index in [1.807, 2.05) is 37.3 Å². The number of para-hydroxylation sites is 1. The fourth-order valence-corrected chi connectivity index (χ4v) is 1.82. The third kappa shape index (κ3) is 3.49. The summed E-state index contributed by atoms with van der Waals surface area (Å²) in [5.74, 6) is 0.205. The molecule has 1 N–H and O–H groups in total. The summed E-state index contributed by atoms with van der Waals surface area (Å²) in [5.41, 5.74) is 4.66. The van der Waals surface area contributed by atoms with Crippen LogP contribution in [0, 0.1) is 18.3 Å². The SMILES string of the molecule is COc1ccc(C(=O)/C(C#N)=N\Nc2ccccc2C)cc1. The van der Waals surface area contributed by atoms with Crippen LogP contribution in [-0.4, -0.2) is 18.6 Å². The number of ether oxygens (including phenoxy) is 1. The number of anilines is 1. The Morgan fingerprint density at radius 1 is 1.18 bits per heavy atom. The van der Waals surface area contributed by atoms with Crippen molar-refractivity contribution >= 4 is 17.2 Å². The summed E-state index contributed by atoms with van der Waals surface area (Å²) in [6.07, 6.45) is 0. The van der Waals surface area contributed by atoms with E-state index in [4.69, 9.17) is 10.00 Å². The highest BCUT2D eigenvalue weighted by Gasteiger charge is 2.14. The number of hydrogen-bond donors (Lipinski definition) is 1. The Labute approximate surface area is 128 Å². The van der Waals surface area contributed by atoms with E-state index in [0.717, 1.165) is 11.3 Å². The van der Waals surface area contributed by atoms with Crippen LogP contribution in [0.25, 0.3) is 0 Å². The first-order valence-electron chi connectivity index (χ1n) is 6.64. The Morgan fingerprint density at radius 3 is 2.45 bits per heavy atom. The van der Waals surface area contributed by atoms with E-state index in [2.05, 4.69) is 10.5 Å². The summed E-state index contributed by atoms with van der Waals surface area (Å²) >= 11 is 0. The number of Topliss-reactive ketones (excluding diaryl/α,β-unsaturated/α-hetero) is 1. The average molecular weight is 293 g/mol. The van der Waals surface area contributed by atoms with Gasteiger partial charge in [-0.25, -0.2) is 0 Å². The Bertz CT molecular complexity index is 743. The van der Waals surface area contributed by atoms with Crippen LogP contribution in [-0.2, 0) is 0 Å². The average Bonchev–Trinajstić information content (AvgIpc) is 2.56. The molecule has 0 spiro atoms. The Kier molecular flexibility index (Phi) is 4.89. The molecule has 0 radical (unpaired) electrons. The van der Waals surface area contributed by atoms with Crippen molar-refractivity contribution in [2.24, 2.45) is 5.10 Å². The Balaban J connectivity index is 2.20. The van der Waals surface area contributed by atoms with Gasteiger partial charge in [0.25, 0.3) is 0 Å². The molecule has 0 aliphatic carbocycles. The van der Waals surface area contributed by atoms with Gasteiger partial charge in [-0.2, -0.15) is 10.4 Å². The zero-order valence-electron chi connectivity index (χ0n) is 12.3. The minimum absolute atomic E-state index is 0.201. The van der Waals surface area contributed by atoms with Crippen LogP contribution in [0.2, 0.25) is 0 Å². The molecule has 0 amide bonds. The van der Waals surface area contributed by atoms with Crippen LogP contribution in [0.15, 0.2) is 53.6 Å². The van der Waals surface area contributed by atoms with E-state index in [-0.39, 0.29) is 5.71 Å². The van der Waals surface area contributed by atoms with Crippen molar-refractivity contribution in [1.29, 1.82) is 5.26 Å². The van der Waals surface area contributed by atoms with Gasteiger partial charge >= 0.3 is 0 Å². The topological polar surface area (TPSA) is 74.5 Å². The van der Waals surface area contributed by atoms with Crippen molar-refractivity contribution in [3.05, 3.63) is 59.7 Å². The number of nitrogens with zero attached hydrogens (tertiary/aromatic N) is 2. The monoisotopic (exact) mass is 293 g/mol. The highest BCUT2D eigenvalue weighted by atomic mass is 16.5. The number of ketones is 1. The maximum atomic E-state index is 12.2. The van der Waals surface area contributed by atoms with E-state index in [9.17, 15) is 4.79 Å². The molecule has 110 valence electrons. The number of nitriles is 1. The lowest BCUT2D eigenvalue weighted by Gasteiger charge is -2.05. The van der Waals surface area contributed by atoms with Crippen molar-refractivity contribution in [3.63, 3.8) is 0 Å². The van der Waals surface area contributed by atoms with Crippen LogP contribution >= 0.6 is 0 Å². The van der Waals surface area contributed by atoms with Crippen molar-refractivity contribution in [3.8, 4) is 11.8 Å². The molecule has 0 fully saturated rings. The zero-order valence-corrected chi connectivity index (χ0v) is 12.3. The molecule has 0 atom stereocenters. The summed E-state index contributed by atoms with van der Waals surface area (Å²) in [7, 11) is 1.55. The standard InChI is InChI=1S/C17H15N3O2/c1-12-5-3-4-6-15(12)19-20-16(11-18)17(21)13-7-9-14(22-2)10-8-13/h3-10,19H,1-2H3/b20-16-. The number of rotatable bonds is 5. The second-order valence-electron chi connectivity index (χ2n) is 4.56. The van der Waals surface area contributed by atoms with E-state index < -0.39 is 5.78 Å². The number of methoxy groups -OCH3 is 1. The number of aryl methyl sites for hydroxylation is 1. The van der Waals surface area contributed by atoms with Crippen LogP contribution in [0.3, 0.4) is 0 Å². The number of hydrazone groups is 1. The number of carbonyl (C=O) groups is 1. The fourth-order valence-electron chi connectivity index (χ4n) is 1.82. The van der Waals surface area contributed by atoms with E-state index in [1.165, 1.54) is 0 Å². The van der Waals surface area contributed by atoms with Crippen molar-refractivity contribution in [2.75, 3.05) is 12.5 Å². The molecule has 0 unspecified atom stereocenters. The molecular weight excluding hydrogens is 278 g/mol. The summed E-state index contributed by atoms with van der Waals surface area (Å²) in [6.45, 7) is 1.91. The van der Waals surface area contributed by atoms with Crippen LogP contribution < -0.4 is 10.2 Å². The van der Waals surface area contributed by atoms with Gasteiger partial charge in [-0.1, -0.05) is 18.2 Å². The van der Waals surface area contributed by atoms with E-state index in [0.29, 0.717) is 11.3 Å². The lowest BCUT2D eigenvalue weighted by Crippen LogP contribution is -2.14. The van der Waals surface area contributed by atoms with Gasteiger partial charge in [0.2, 0.25) is 11.5 Å². The molecule has 0 heterocycles. The minimum atomic E-state index is -0.439. The highest BCUT2D eigenvalue weighted by molar-refractivity contribution is 6.51. The highest BCUT2D eigenvalue weighted by Crippen LogP contribution is 2.14. The summed E-state index contributed by atoms with van der Waals surface area (Å²) in [4.78, 5) is 12.2. The van der Waals surface area contributed by atoms with Gasteiger partial charge in [-0.15, -0.1) is 0 Å². The molecule has 2 aromatic carbocycles. The van der Waals surface area contributed by atoms with Crippen LogP contribution in [0.1, 0.15) is 15.9 Å². The molecule has 22 heavy (non-hydrogen) atoms. The van der Waals surface area contributed by atoms with Gasteiger partial charge in [-0.3, -0.25) is 10.2 Å². The van der Waals surface area contributed by atoms with E-state index >= 15 is 0 Å². The molecule has 0 aliphatic rings. The number of benzene rings is 2. The molecule has 2 aromatic rings. The van der Waals surface area contributed by atoms with Gasteiger partial charge in [0.15, 0.2) is 0 Å². The number of hydrogen-bond acceptors (Lipinski definition) is 5. The molecule has 0 saturated carbocycles. The second kappa shape index (κ2) is 7.04. The van der Waals surface area contributed by atoms with Gasteiger partial charge < -0.3 is 4.74 Å². The molecule has 2 rings (SSSR count). The molecule has 0 aliphatic heterocycles. The van der Waals surface area contributed by atoms with Gasteiger partial charge in [0.05, 0.1) is 12.8 Å². The first kappa shape index (κ1) is 15.3. The molecule has 5 nitrogen and oxygen atoms in total.